The van der Waals surface area contributed by atoms with Crippen molar-refractivity contribution >= 4 is 11.7 Å². The Morgan fingerprint density at radius 3 is 2.53 bits per heavy atom. The molecule has 0 atom stereocenters. The summed E-state index contributed by atoms with van der Waals surface area (Å²) in [4.78, 5) is 13.6. The Hall–Kier alpha value is -2.24. The fraction of sp³-hybridized carbons (Fsp3) is 0.385. The molecule has 3 N–H and O–H groups in total. The monoisotopic (exact) mass is 263 g/mol. The Kier molecular flexibility index (Phi) is 4.22. The number of amidine groups is 1. The fourth-order valence-corrected chi connectivity index (χ4v) is 1.98. The van der Waals surface area contributed by atoms with Gasteiger partial charge in [-0.05, 0) is 37.1 Å². The summed E-state index contributed by atoms with van der Waals surface area (Å²) in [6, 6.07) is 6.71. The van der Waals surface area contributed by atoms with Crippen molar-refractivity contribution in [3.05, 3.63) is 29.8 Å². The molecule has 1 aliphatic heterocycles. The molecule has 0 radical (unpaired) electrons. The molecule has 1 aromatic carbocycles. The lowest BCUT2D eigenvalue weighted by Crippen LogP contribution is -2.32. The smallest absolute Gasteiger partial charge is 0.260 e. The SMILES string of the molecule is N/C(=N\O)c1ccc(OCC(=O)N2CCCC2)cc1. The van der Waals surface area contributed by atoms with Gasteiger partial charge in [-0.3, -0.25) is 4.79 Å². The molecule has 102 valence electrons. The van der Waals surface area contributed by atoms with Gasteiger partial charge in [0.05, 0.1) is 0 Å². The van der Waals surface area contributed by atoms with Crippen LogP contribution in [0.3, 0.4) is 0 Å². The first-order chi connectivity index (χ1) is 9.20. The van der Waals surface area contributed by atoms with E-state index in [1.165, 1.54) is 0 Å². The number of nitrogens with two attached hydrogens (primary N) is 1. The first kappa shape index (κ1) is 13.2. The molecule has 0 aromatic heterocycles. The van der Waals surface area contributed by atoms with Gasteiger partial charge in [0.25, 0.3) is 5.91 Å². The van der Waals surface area contributed by atoms with Crippen LogP contribution in [0.15, 0.2) is 29.4 Å². The highest BCUT2D eigenvalue weighted by Crippen LogP contribution is 2.13. The molecule has 1 fully saturated rings. The van der Waals surface area contributed by atoms with Gasteiger partial charge in [0.2, 0.25) is 0 Å². The summed E-state index contributed by atoms with van der Waals surface area (Å²) in [5, 5.41) is 11.4. The molecule has 0 saturated carbocycles. The summed E-state index contributed by atoms with van der Waals surface area (Å²) in [7, 11) is 0. The van der Waals surface area contributed by atoms with Crippen LogP contribution in [0.25, 0.3) is 0 Å². The molecule has 6 nitrogen and oxygen atoms in total. The average molecular weight is 263 g/mol. The predicted molar refractivity (Wildman–Crippen MR) is 70.3 cm³/mol. The van der Waals surface area contributed by atoms with E-state index in [-0.39, 0.29) is 18.3 Å². The maximum absolute atomic E-state index is 11.8. The molecule has 1 heterocycles. The number of benzene rings is 1. The zero-order valence-electron chi connectivity index (χ0n) is 10.6. The van der Waals surface area contributed by atoms with E-state index in [2.05, 4.69) is 5.16 Å². The molecule has 19 heavy (non-hydrogen) atoms. The molecule has 1 aromatic rings. The Labute approximate surface area is 111 Å². The van der Waals surface area contributed by atoms with E-state index in [1.54, 1.807) is 24.3 Å². The zero-order chi connectivity index (χ0) is 13.7. The second-order valence-electron chi connectivity index (χ2n) is 4.39. The van der Waals surface area contributed by atoms with Gasteiger partial charge in [0, 0.05) is 18.7 Å². The third-order valence-corrected chi connectivity index (χ3v) is 3.08. The first-order valence-corrected chi connectivity index (χ1v) is 6.19. The van der Waals surface area contributed by atoms with Gasteiger partial charge < -0.3 is 20.6 Å². The van der Waals surface area contributed by atoms with Crippen LogP contribution in [0.2, 0.25) is 0 Å². The lowest BCUT2D eigenvalue weighted by molar-refractivity contribution is -0.132. The lowest BCUT2D eigenvalue weighted by atomic mass is 10.2. The quantitative estimate of drug-likeness (QED) is 0.364. The van der Waals surface area contributed by atoms with E-state index >= 15 is 0 Å². The summed E-state index contributed by atoms with van der Waals surface area (Å²) in [6.07, 6.45) is 2.14. The molecule has 0 aliphatic carbocycles. The number of hydrogen-bond acceptors (Lipinski definition) is 4. The second kappa shape index (κ2) is 6.08. The van der Waals surface area contributed by atoms with Gasteiger partial charge in [0.15, 0.2) is 12.4 Å². The topological polar surface area (TPSA) is 88.1 Å². The van der Waals surface area contributed by atoms with E-state index in [0.29, 0.717) is 11.3 Å². The summed E-state index contributed by atoms with van der Waals surface area (Å²) in [5.41, 5.74) is 6.05. The third kappa shape index (κ3) is 3.37. The minimum atomic E-state index is 0.0120. The van der Waals surface area contributed by atoms with Crippen LogP contribution in [-0.4, -0.2) is 41.5 Å². The van der Waals surface area contributed by atoms with E-state index in [0.717, 1.165) is 25.9 Å². The number of amides is 1. The molecule has 0 unspecified atom stereocenters. The molecule has 6 heteroatoms. The van der Waals surface area contributed by atoms with Crippen molar-refractivity contribution in [2.75, 3.05) is 19.7 Å². The second-order valence-corrected chi connectivity index (χ2v) is 4.39. The largest absolute Gasteiger partial charge is 0.484 e. The number of hydrogen-bond donors (Lipinski definition) is 2. The van der Waals surface area contributed by atoms with Crippen LogP contribution >= 0.6 is 0 Å². The number of carbonyl (C=O) groups excluding carboxylic acids is 1. The summed E-state index contributed by atoms with van der Waals surface area (Å²) in [5.74, 6) is 0.639. The Balaban J connectivity index is 1.87. The van der Waals surface area contributed by atoms with Crippen molar-refractivity contribution in [3.63, 3.8) is 0 Å². The summed E-state index contributed by atoms with van der Waals surface area (Å²) < 4.78 is 5.41. The Morgan fingerprint density at radius 2 is 1.95 bits per heavy atom. The first-order valence-electron chi connectivity index (χ1n) is 6.19. The Morgan fingerprint density at radius 1 is 1.32 bits per heavy atom. The van der Waals surface area contributed by atoms with E-state index in [1.807, 2.05) is 4.90 Å². The normalized spacial score (nSPS) is 15.6. The molecule has 0 bridgehead atoms. The van der Waals surface area contributed by atoms with Crippen LogP contribution < -0.4 is 10.5 Å². The highest BCUT2D eigenvalue weighted by atomic mass is 16.5. The third-order valence-electron chi connectivity index (χ3n) is 3.08. The maximum atomic E-state index is 11.8. The highest BCUT2D eigenvalue weighted by Gasteiger charge is 2.17. The fourth-order valence-electron chi connectivity index (χ4n) is 1.98. The number of rotatable bonds is 4. The van der Waals surface area contributed by atoms with Crippen LogP contribution in [0.4, 0.5) is 0 Å². The van der Waals surface area contributed by atoms with E-state index in [4.69, 9.17) is 15.7 Å². The van der Waals surface area contributed by atoms with E-state index in [9.17, 15) is 4.79 Å². The van der Waals surface area contributed by atoms with Gasteiger partial charge >= 0.3 is 0 Å². The molecule has 1 aliphatic rings. The van der Waals surface area contributed by atoms with Crippen molar-refractivity contribution in [1.29, 1.82) is 0 Å². The highest BCUT2D eigenvalue weighted by molar-refractivity contribution is 5.97. The van der Waals surface area contributed by atoms with Crippen molar-refractivity contribution in [1.82, 2.24) is 4.90 Å². The van der Waals surface area contributed by atoms with Crippen molar-refractivity contribution < 1.29 is 14.7 Å². The average Bonchev–Trinajstić information content (AvgIpc) is 2.98. The molecule has 0 spiro atoms. The van der Waals surface area contributed by atoms with Gasteiger partial charge in [-0.15, -0.1) is 0 Å². The van der Waals surface area contributed by atoms with Gasteiger partial charge in [-0.1, -0.05) is 5.16 Å². The maximum Gasteiger partial charge on any atom is 0.260 e. The van der Waals surface area contributed by atoms with Crippen LogP contribution in [0.5, 0.6) is 5.75 Å². The summed E-state index contributed by atoms with van der Waals surface area (Å²) in [6.45, 7) is 1.69. The summed E-state index contributed by atoms with van der Waals surface area (Å²) >= 11 is 0. The Bertz CT molecular complexity index is 465. The number of nitrogens with zero attached hydrogens (tertiary/aromatic N) is 2. The van der Waals surface area contributed by atoms with Gasteiger partial charge in [0.1, 0.15) is 5.75 Å². The molecule has 1 amide bonds. The lowest BCUT2D eigenvalue weighted by Gasteiger charge is -2.15. The molecular formula is C13H17N3O3. The standard InChI is InChI=1S/C13H17N3O3/c14-13(15-18)10-3-5-11(6-4-10)19-9-12(17)16-7-1-2-8-16/h3-6,18H,1-2,7-9H2,(H2,14,15). The number of likely N-dealkylation sites (tertiary alicyclic amines) is 1. The van der Waals surface area contributed by atoms with Crippen LogP contribution in [0, 0.1) is 0 Å². The molecule has 2 rings (SSSR count). The predicted octanol–water partition coefficient (Wildman–Crippen LogP) is 0.782. The van der Waals surface area contributed by atoms with Crippen LogP contribution in [0.1, 0.15) is 18.4 Å². The van der Waals surface area contributed by atoms with E-state index < -0.39 is 0 Å². The molecule has 1 saturated heterocycles. The van der Waals surface area contributed by atoms with Crippen molar-refractivity contribution in [2.24, 2.45) is 10.9 Å². The van der Waals surface area contributed by atoms with Crippen molar-refractivity contribution in [2.45, 2.75) is 12.8 Å². The number of carbonyl (C=O) groups is 1. The minimum absolute atomic E-state index is 0.0120. The van der Waals surface area contributed by atoms with Gasteiger partial charge in [-0.2, -0.15) is 0 Å². The number of oxime groups is 1. The molecular weight excluding hydrogens is 246 g/mol. The van der Waals surface area contributed by atoms with Crippen molar-refractivity contribution in [3.8, 4) is 5.75 Å². The number of ether oxygens (including phenoxy) is 1. The van der Waals surface area contributed by atoms with Crippen LogP contribution in [-0.2, 0) is 4.79 Å². The minimum Gasteiger partial charge on any atom is -0.484 e. The van der Waals surface area contributed by atoms with Gasteiger partial charge in [-0.25, -0.2) is 0 Å². The zero-order valence-corrected chi connectivity index (χ0v) is 10.6.